The minimum Gasteiger partial charge on any atom is -0.495 e. The number of rotatable bonds is 13. The van der Waals surface area contributed by atoms with E-state index in [1.165, 1.54) is 7.11 Å². The highest BCUT2D eigenvalue weighted by Gasteiger charge is 2.36. The van der Waals surface area contributed by atoms with E-state index in [2.05, 4.69) is 25.5 Å². The minimum atomic E-state index is -4.76. The lowest BCUT2D eigenvalue weighted by Crippen LogP contribution is -2.18. The summed E-state index contributed by atoms with van der Waals surface area (Å²) in [6.07, 6.45) is -0.0457. The van der Waals surface area contributed by atoms with Crippen molar-refractivity contribution in [1.82, 2.24) is 19.4 Å². The summed E-state index contributed by atoms with van der Waals surface area (Å²) in [6.45, 7) is 6.50. The lowest BCUT2D eigenvalue weighted by molar-refractivity contribution is -0.137. The highest BCUT2D eigenvalue weighted by Crippen LogP contribution is 2.52. The lowest BCUT2D eigenvalue weighted by atomic mass is 10.1. The Hall–Kier alpha value is -3.84. The molecule has 3 heterocycles. The van der Waals surface area contributed by atoms with E-state index in [1.807, 2.05) is 6.07 Å². The molecule has 0 atom stereocenters. The summed E-state index contributed by atoms with van der Waals surface area (Å²) in [7, 11) is -0.273. The van der Waals surface area contributed by atoms with E-state index in [-0.39, 0.29) is 36.9 Å². The average Bonchev–Trinajstić information content (AvgIpc) is 3.62. The van der Waals surface area contributed by atoms with Gasteiger partial charge in [0.1, 0.15) is 17.1 Å². The maximum Gasteiger partial charge on any atom is 0.421 e. The van der Waals surface area contributed by atoms with Crippen molar-refractivity contribution in [2.24, 2.45) is 7.05 Å². The Morgan fingerprint density at radius 2 is 1.74 bits per heavy atom. The topological polar surface area (TPSA) is 123 Å². The molecular weight excluding hydrogens is 624 g/mol. The first kappa shape index (κ1) is 33.5. The van der Waals surface area contributed by atoms with Crippen LogP contribution in [0.3, 0.4) is 0 Å². The molecule has 1 aliphatic heterocycles. The summed E-state index contributed by atoms with van der Waals surface area (Å²) >= 11 is 0. The van der Waals surface area contributed by atoms with Gasteiger partial charge in [-0.1, -0.05) is 12.1 Å². The van der Waals surface area contributed by atoms with Crippen LogP contribution in [0.1, 0.15) is 43.4 Å². The smallest absolute Gasteiger partial charge is 0.421 e. The second-order valence-electron chi connectivity index (χ2n) is 11.0. The first-order chi connectivity index (χ1) is 21.9. The summed E-state index contributed by atoms with van der Waals surface area (Å²) in [4.78, 5) is 10.4. The molecule has 1 fully saturated rings. The quantitative estimate of drug-likeness (QED) is 0.124. The lowest BCUT2D eigenvalue weighted by Gasteiger charge is -2.19. The van der Waals surface area contributed by atoms with E-state index in [4.69, 9.17) is 13.8 Å². The molecule has 46 heavy (non-hydrogen) atoms. The number of halogens is 3. The number of likely N-dealkylation sites (tertiary alicyclic amines) is 1. The largest absolute Gasteiger partial charge is 0.495 e. The van der Waals surface area contributed by atoms with E-state index in [1.54, 1.807) is 55.9 Å². The number of hydrogen-bond donors (Lipinski definition) is 3. The van der Waals surface area contributed by atoms with Crippen LogP contribution in [0.4, 0.5) is 36.3 Å². The highest BCUT2D eigenvalue weighted by atomic mass is 31.2. The molecule has 1 aliphatic rings. The van der Waals surface area contributed by atoms with Crippen LogP contribution < -0.4 is 15.4 Å². The molecule has 3 N–H and O–H groups in total. The standard InChI is InChI=1S/C31H38F3N6O5P/c1-5-44-46(42,45-6-2)19-20-9-11-24(26(15-20)43-4)37-30-35-16-23(31(32,33)34)28(38-30)36-25-12-10-21(17-40-13-7-8-14-40)22-18-39(3)29(41)27(22)25/h9-12,15-16,18,41H,5-8,13-14,17,19H2,1-4H3,(H2,35,36,37,38). The van der Waals surface area contributed by atoms with Crippen LogP contribution in [0.2, 0.25) is 0 Å². The number of fused-ring (bicyclic) bond motifs is 1. The first-order valence-electron chi connectivity index (χ1n) is 15.0. The van der Waals surface area contributed by atoms with Crippen molar-refractivity contribution in [2.75, 3.05) is 44.0 Å². The van der Waals surface area contributed by atoms with Gasteiger partial charge >= 0.3 is 13.8 Å². The molecule has 0 bridgehead atoms. The molecule has 1 saturated heterocycles. The van der Waals surface area contributed by atoms with Gasteiger partial charge in [-0.25, -0.2) is 4.98 Å². The highest BCUT2D eigenvalue weighted by molar-refractivity contribution is 7.53. The maximum absolute atomic E-state index is 14.1. The van der Waals surface area contributed by atoms with Gasteiger partial charge in [0.25, 0.3) is 0 Å². The Bertz CT molecular complexity index is 1730. The van der Waals surface area contributed by atoms with E-state index in [0.717, 1.165) is 36.9 Å². The summed E-state index contributed by atoms with van der Waals surface area (Å²) in [5, 5.41) is 17.8. The van der Waals surface area contributed by atoms with Crippen molar-refractivity contribution in [3.8, 4) is 11.6 Å². The monoisotopic (exact) mass is 662 g/mol. The van der Waals surface area contributed by atoms with Gasteiger partial charge in [-0.15, -0.1) is 0 Å². The number of aryl methyl sites for hydroxylation is 1. The third-order valence-corrected chi connectivity index (χ3v) is 9.75. The summed E-state index contributed by atoms with van der Waals surface area (Å²) < 4.78 is 73.3. The molecule has 5 rings (SSSR count). The van der Waals surface area contributed by atoms with Gasteiger partial charge in [-0.2, -0.15) is 18.2 Å². The van der Waals surface area contributed by atoms with Gasteiger partial charge in [-0.3, -0.25) is 9.46 Å². The normalized spacial score (nSPS) is 14.2. The van der Waals surface area contributed by atoms with E-state index >= 15 is 0 Å². The number of aromatic hydroxyl groups is 1. The van der Waals surface area contributed by atoms with Crippen molar-refractivity contribution in [3.05, 3.63) is 59.4 Å². The molecule has 0 radical (unpaired) electrons. The summed E-state index contributed by atoms with van der Waals surface area (Å²) in [6, 6.07) is 8.45. The predicted molar refractivity (Wildman–Crippen MR) is 170 cm³/mol. The SMILES string of the molecule is CCOP(=O)(Cc1ccc(Nc2ncc(C(F)(F)F)c(Nc3ccc(CN4CCCC4)c4cn(C)c(O)c34)n2)c(OC)c1)OCC. The number of anilines is 4. The zero-order valence-corrected chi connectivity index (χ0v) is 27.0. The van der Waals surface area contributed by atoms with Crippen LogP contribution in [-0.4, -0.2) is 58.0 Å². The van der Waals surface area contributed by atoms with Crippen molar-refractivity contribution < 1.29 is 36.6 Å². The van der Waals surface area contributed by atoms with E-state index in [9.17, 15) is 22.8 Å². The first-order valence-corrected chi connectivity index (χ1v) is 16.7. The van der Waals surface area contributed by atoms with Crippen LogP contribution in [0.25, 0.3) is 10.8 Å². The van der Waals surface area contributed by atoms with Crippen LogP contribution in [-0.2, 0) is 39.5 Å². The van der Waals surface area contributed by atoms with Gasteiger partial charge in [0.2, 0.25) is 11.8 Å². The van der Waals surface area contributed by atoms with Gasteiger partial charge in [0, 0.05) is 31.4 Å². The van der Waals surface area contributed by atoms with Gasteiger partial charge < -0.3 is 34.1 Å². The zero-order valence-electron chi connectivity index (χ0n) is 26.1. The molecule has 2 aromatic heterocycles. The third-order valence-electron chi connectivity index (χ3n) is 7.70. The number of alkyl halides is 3. The number of ether oxygens (including phenoxy) is 1. The molecule has 15 heteroatoms. The molecule has 0 amide bonds. The van der Waals surface area contributed by atoms with Crippen molar-refractivity contribution in [3.63, 3.8) is 0 Å². The average molecular weight is 663 g/mol. The number of nitrogens with zero attached hydrogens (tertiary/aromatic N) is 4. The third kappa shape index (κ3) is 7.41. The number of methoxy groups -OCH3 is 1. The molecule has 0 unspecified atom stereocenters. The molecule has 248 valence electrons. The van der Waals surface area contributed by atoms with Crippen LogP contribution in [0, 0.1) is 0 Å². The van der Waals surface area contributed by atoms with E-state index < -0.39 is 25.2 Å². The fraction of sp³-hybridized carbons (Fsp3) is 0.419. The van der Waals surface area contributed by atoms with Crippen molar-refractivity contribution in [1.29, 1.82) is 0 Å². The van der Waals surface area contributed by atoms with Crippen LogP contribution >= 0.6 is 7.60 Å². The predicted octanol–water partition coefficient (Wildman–Crippen LogP) is 7.55. The van der Waals surface area contributed by atoms with Gasteiger partial charge in [0.15, 0.2) is 0 Å². The van der Waals surface area contributed by atoms with Gasteiger partial charge in [0.05, 0.1) is 43.2 Å². The molecule has 0 aliphatic carbocycles. The number of aromatic nitrogens is 3. The fourth-order valence-corrected chi connectivity index (χ4v) is 7.27. The Balaban J connectivity index is 1.47. The van der Waals surface area contributed by atoms with Crippen LogP contribution in [0.5, 0.6) is 11.6 Å². The number of hydrogen-bond acceptors (Lipinski definition) is 10. The molecule has 11 nitrogen and oxygen atoms in total. The van der Waals surface area contributed by atoms with Crippen molar-refractivity contribution >= 4 is 41.5 Å². The number of benzene rings is 2. The fourth-order valence-electron chi connectivity index (χ4n) is 5.58. The molecular formula is C31H38F3N6O5P. The molecule has 0 saturated carbocycles. The second-order valence-corrected chi connectivity index (χ2v) is 13.0. The summed E-state index contributed by atoms with van der Waals surface area (Å²) in [5.41, 5.74) is 1.14. The molecule has 0 spiro atoms. The molecule has 2 aromatic carbocycles. The molecule has 4 aromatic rings. The van der Waals surface area contributed by atoms with E-state index in [0.29, 0.717) is 35.1 Å². The van der Waals surface area contributed by atoms with Gasteiger partial charge in [-0.05, 0) is 69.1 Å². The second kappa shape index (κ2) is 13.9. The Labute approximate surface area is 265 Å². The van der Waals surface area contributed by atoms with Crippen LogP contribution in [0.15, 0.2) is 42.7 Å². The Kier molecular flexibility index (Phi) is 10.1. The maximum atomic E-state index is 14.1. The van der Waals surface area contributed by atoms with Crippen molar-refractivity contribution in [2.45, 2.75) is 45.6 Å². The Morgan fingerprint density at radius 3 is 2.39 bits per heavy atom. The Morgan fingerprint density at radius 1 is 1.04 bits per heavy atom. The zero-order chi connectivity index (χ0) is 33.1. The summed E-state index contributed by atoms with van der Waals surface area (Å²) in [5.74, 6) is -0.383. The minimum absolute atomic E-state index is 0.00773. The number of nitrogens with one attached hydrogen (secondary N) is 2.